The van der Waals surface area contributed by atoms with Gasteiger partial charge in [0.2, 0.25) is 5.91 Å². The van der Waals surface area contributed by atoms with Crippen molar-refractivity contribution in [3.8, 4) is 0 Å². The molecule has 8 heteroatoms. The third-order valence-electron chi connectivity index (χ3n) is 4.57. The Labute approximate surface area is 151 Å². The first kappa shape index (κ1) is 18.7. The molecule has 0 spiro atoms. The molecule has 1 amide bonds. The molecular formula is C17H22FNO4S2. The second-order valence-electron chi connectivity index (χ2n) is 6.48. The number of amides is 1. The molecule has 3 rings (SSSR count). The molecule has 0 aliphatic carbocycles. The van der Waals surface area contributed by atoms with Gasteiger partial charge in [-0.15, -0.1) is 11.8 Å². The highest BCUT2D eigenvalue weighted by molar-refractivity contribution is 8.00. The smallest absolute Gasteiger partial charge is 0.233 e. The molecule has 0 saturated carbocycles. The number of hydrogen-bond donors (Lipinski definition) is 0. The first-order valence-corrected chi connectivity index (χ1v) is 11.2. The summed E-state index contributed by atoms with van der Waals surface area (Å²) >= 11 is 1.33. The zero-order valence-corrected chi connectivity index (χ0v) is 15.5. The lowest BCUT2D eigenvalue weighted by Crippen LogP contribution is -2.46. The van der Waals surface area contributed by atoms with Crippen molar-refractivity contribution in [2.75, 3.05) is 30.4 Å². The molecule has 0 radical (unpaired) electrons. The van der Waals surface area contributed by atoms with Gasteiger partial charge < -0.3 is 9.64 Å². The van der Waals surface area contributed by atoms with Gasteiger partial charge in [-0.25, -0.2) is 12.8 Å². The van der Waals surface area contributed by atoms with Gasteiger partial charge in [0.15, 0.2) is 9.84 Å². The van der Waals surface area contributed by atoms with E-state index in [1.165, 1.54) is 23.9 Å². The van der Waals surface area contributed by atoms with Gasteiger partial charge in [-0.1, -0.05) is 0 Å². The van der Waals surface area contributed by atoms with Crippen LogP contribution in [0.15, 0.2) is 29.2 Å². The van der Waals surface area contributed by atoms with E-state index >= 15 is 0 Å². The Balaban J connectivity index is 1.64. The van der Waals surface area contributed by atoms with E-state index in [1.54, 1.807) is 17.0 Å². The van der Waals surface area contributed by atoms with Crippen LogP contribution in [0.5, 0.6) is 0 Å². The Hall–Kier alpha value is -1.12. The second-order valence-corrected chi connectivity index (χ2v) is 9.76. The Morgan fingerprint density at radius 2 is 2.04 bits per heavy atom. The molecule has 0 bridgehead atoms. The van der Waals surface area contributed by atoms with Crippen molar-refractivity contribution in [2.45, 2.75) is 36.3 Å². The maximum atomic E-state index is 13.0. The van der Waals surface area contributed by atoms with Gasteiger partial charge in [-0.3, -0.25) is 4.79 Å². The second kappa shape index (κ2) is 8.05. The summed E-state index contributed by atoms with van der Waals surface area (Å²) in [5.74, 6) is -0.0293. The van der Waals surface area contributed by atoms with Crippen molar-refractivity contribution in [2.24, 2.45) is 0 Å². The summed E-state index contributed by atoms with van der Waals surface area (Å²) in [5, 5.41) is 0. The zero-order valence-electron chi connectivity index (χ0n) is 13.9. The molecule has 138 valence electrons. The highest BCUT2D eigenvalue weighted by Crippen LogP contribution is 2.24. The van der Waals surface area contributed by atoms with Crippen molar-refractivity contribution in [3.63, 3.8) is 0 Å². The molecule has 2 aliphatic heterocycles. The number of nitrogens with zero attached hydrogens (tertiary/aromatic N) is 1. The van der Waals surface area contributed by atoms with Gasteiger partial charge in [-0.05, 0) is 43.5 Å². The topological polar surface area (TPSA) is 63.7 Å². The summed E-state index contributed by atoms with van der Waals surface area (Å²) in [6.07, 6.45) is 2.35. The number of thioether (sulfide) groups is 1. The predicted octanol–water partition coefficient (Wildman–Crippen LogP) is 2.11. The Morgan fingerprint density at radius 3 is 2.64 bits per heavy atom. The number of sulfone groups is 1. The summed E-state index contributed by atoms with van der Waals surface area (Å²) in [4.78, 5) is 15.3. The molecule has 1 aromatic carbocycles. The van der Waals surface area contributed by atoms with E-state index in [9.17, 15) is 17.6 Å². The molecule has 25 heavy (non-hydrogen) atoms. The van der Waals surface area contributed by atoms with E-state index in [2.05, 4.69) is 0 Å². The van der Waals surface area contributed by atoms with Crippen molar-refractivity contribution < 1.29 is 22.3 Å². The highest BCUT2D eigenvalue weighted by Gasteiger charge is 2.36. The van der Waals surface area contributed by atoms with Crippen LogP contribution in [0.1, 0.15) is 19.3 Å². The van der Waals surface area contributed by atoms with Gasteiger partial charge in [0, 0.05) is 24.1 Å². The van der Waals surface area contributed by atoms with Crippen LogP contribution in [-0.2, 0) is 19.4 Å². The fourth-order valence-corrected chi connectivity index (χ4v) is 5.76. The standard InChI is InChI=1S/C17H22FNO4S2/c18-13-3-5-16(6-4-13)24-11-17(20)19(10-15-2-1-8-23-15)14-7-9-25(21,22)12-14/h3-6,14-15H,1-2,7-12H2. The minimum atomic E-state index is -3.06. The quantitative estimate of drug-likeness (QED) is 0.700. The average molecular weight is 387 g/mol. The van der Waals surface area contributed by atoms with E-state index in [0.29, 0.717) is 19.6 Å². The molecule has 2 saturated heterocycles. The molecule has 2 atom stereocenters. The molecule has 2 heterocycles. The summed E-state index contributed by atoms with van der Waals surface area (Å²) in [7, 11) is -3.06. The van der Waals surface area contributed by atoms with Crippen LogP contribution in [-0.4, -0.2) is 61.8 Å². The number of carbonyl (C=O) groups excluding carboxylic acids is 1. The SMILES string of the molecule is O=C(CSc1ccc(F)cc1)N(CC1CCCO1)C1CCS(=O)(=O)C1. The van der Waals surface area contributed by atoms with Crippen LogP contribution in [0.2, 0.25) is 0 Å². The Kier molecular flexibility index (Phi) is 6.01. The Bertz CT molecular complexity index is 702. The fraction of sp³-hybridized carbons (Fsp3) is 0.588. The lowest BCUT2D eigenvalue weighted by molar-refractivity contribution is -0.131. The number of rotatable bonds is 6. The predicted molar refractivity (Wildman–Crippen MR) is 94.9 cm³/mol. The molecular weight excluding hydrogens is 365 g/mol. The molecule has 0 aromatic heterocycles. The number of halogens is 1. The van der Waals surface area contributed by atoms with Crippen LogP contribution in [0.4, 0.5) is 4.39 Å². The molecule has 2 unspecified atom stereocenters. The Morgan fingerprint density at radius 1 is 1.28 bits per heavy atom. The minimum absolute atomic E-state index is 0.0110. The van der Waals surface area contributed by atoms with E-state index in [1.807, 2.05) is 0 Å². The van der Waals surface area contributed by atoms with Crippen LogP contribution < -0.4 is 0 Å². The largest absolute Gasteiger partial charge is 0.376 e. The average Bonchev–Trinajstić information content (AvgIpc) is 3.21. The van der Waals surface area contributed by atoms with Crippen molar-refractivity contribution in [1.82, 2.24) is 4.90 Å². The van der Waals surface area contributed by atoms with Crippen LogP contribution >= 0.6 is 11.8 Å². The lowest BCUT2D eigenvalue weighted by Gasteiger charge is -2.30. The number of ether oxygens (including phenoxy) is 1. The fourth-order valence-electron chi connectivity index (χ4n) is 3.24. The first-order chi connectivity index (χ1) is 11.9. The van der Waals surface area contributed by atoms with Crippen LogP contribution in [0.25, 0.3) is 0 Å². The summed E-state index contributed by atoms with van der Waals surface area (Å²) < 4.78 is 42.2. The number of carbonyl (C=O) groups is 1. The summed E-state index contributed by atoms with van der Waals surface area (Å²) in [6.45, 7) is 1.14. The minimum Gasteiger partial charge on any atom is -0.376 e. The maximum Gasteiger partial charge on any atom is 0.233 e. The molecule has 1 aromatic rings. The van der Waals surface area contributed by atoms with Gasteiger partial charge in [-0.2, -0.15) is 0 Å². The van der Waals surface area contributed by atoms with Crippen molar-refractivity contribution >= 4 is 27.5 Å². The maximum absolute atomic E-state index is 13.0. The van der Waals surface area contributed by atoms with E-state index < -0.39 is 9.84 Å². The van der Waals surface area contributed by atoms with E-state index in [0.717, 1.165) is 17.7 Å². The molecule has 5 nitrogen and oxygen atoms in total. The third kappa shape index (κ3) is 5.18. The summed E-state index contributed by atoms with van der Waals surface area (Å²) in [6, 6.07) is 5.73. The zero-order chi connectivity index (χ0) is 17.9. The molecule has 2 aliphatic rings. The number of benzene rings is 1. The highest BCUT2D eigenvalue weighted by atomic mass is 32.2. The first-order valence-electron chi connectivity index (χ1n) is 8.43. The monoisotopic (exact) mass is 387 g/mol. The molecule has 0 N–H and O–H groups in total. The lowest BCUT2D eigenvalue weighted by atomic mass is 10.1. The van der Waals surface area contributed by atoms with Gasteiger partial charge >= 0.3 is 0 Å². The van der Waals surface area contributed by atoms with Gasteiger partial charge in [0.25, 0.3) is 0 Å². The van der Waals surface area contributed by atoms with Crippen LogP contribution in [0, 0.1) is 5.82 Å². The van der Waals surface area contributed by atoms with Crippen molar-refractivity contribution in [3.05, 3.63) is 30.1 Å². The van der Waals surface area contributed by atoms with Crippen molar-refractivity contribution in [1.29, 1.82) is 0 Å². The third-order valence-corrected chi connectivity index (χ3v) is 7.32. The van der Waals surface area contributed by atoms with E-state index in [4.69, 9.17) is 4.74 Å². The molecule has 2 fully saturated rings. The van der Waals surface area contributed by atoms with E-state index in [-0.39, 0.29) is 41.1 Å². The van der Waals surface area contributed by atoms with Gasteiger partial charge in [0.1, 0.15) is 5.82 Å². The van der Waals surface area contributed by atoms with Crippen LogP contribution in [0.3, 0.4) is 0 Å². The normalized spacial score (nSPS) is 25.2. The summed E-state index contributed by atoms with van der Waals surface area (Å²) in [5.41, 5.74) is 0. The van der Waals surface area contributed by atoms with Gasteiger partial charge in [0.05, 0.1) is 23.4 Å². The number of hydrogen-bond acceptors (Lipinski definition) is 5.